The lowest BCUT2D eigenvalue weighted by molar-refractivity contribution is -0.143. The van der Waals surface area contributed by atoms with Gasteiger partial charge >= 0.3 is 11.5 Å². The Labute approximate surface area is 473 Å². The molecule has 1 aromatic heterocycles. The van der Waals surface area contributed by atoms with Crippen LogP contribution in [0.4, 0.5) is 34.6 Å². The molecule has 0 spiro atoms. The Morgan fingerprint density at radius 3 is 2.05 bits per heavy atom. The number of anilines is 3. The minimum atomic E-state index is -6.04. The van der Waals surface area contributed by atoms with Crippen LogP contribution in [0.5, 0.6) is 0 Å². The molecule has 3 N–H and O–H groups in total. The van der Waals surface area contributed by atoms with Gasteiger partial charge in [0.15, 0.2) is 9.84 Å². The highest BCUT2D eigenvalue weighted by Crippen LogP contribution is 2.66. The van der Waals surface area contributed by atoms with E-state index in [-0.39, 0.29) is 34.9 Å². The van der Waals surface area contributed by atoms with E-state index in [9.17, 15) is 45.1 Å². The van der Waals surface area contributed by atoms with Gasteiger partial charge < -0.3 is 34.9 Å². The second-order valence-electron chi connectivity index (χ2n) is 21.0. The number of alkyl halides is 3. The second-order valence-corrected chi connectivity index (χ2v) is 29.2. The van der Waals surface area contributed by atoms with Crippen LogP contribution in [-0.4, -0.2) is 123 Å². The number of hydrogen-bond donors (Lipinski definition) is 3. The van der Waals surface area contributed by atoms with Gasteiger partial charge in [-0.15, -0.1) is 16.6 Å². The molecular formula is C57H64ClF4N6O8PS3. The Balaban J connectivity index is 0.946. The normalized spacial score (nSPS) is 19.5. The first-order chi connectivity index (χ1) is 37.8. The van der Waals surface area contributed by atoms with Gasteiger partial charge in [-0.2, -0.15) is 13.2 Å². The van der Waals surface area contributed by atoms with Crippen LogP contribution in [0, 0.1) is 18.7 Å². The predicted molar refractivity (Wildman–Crippen MR) is 308 cm³/mol. The number of piperazine rings is 1. The summed E-state index contributed by atoms with van der Waals surface area (Å²) in [4.78, 5) is 18.3. The van der Waals surface area contributed by atoms with E-state index in [0.29, 0.717) is 114 Å². The summed E-state index contributed by atoms with van der Waals surface area (Å²) in [7, 11) is -14.1. The van der Waals surface area contributed by atoms with Gasteiger partial charge in [0, 0.05) is 101 Å². The number of sulfone groups is 2. The number of thioether (sulfide) groups is 1. The third kappa shape index (κ3) is 12.4. The number of hydroxylamine groups is 1. The summed E-state index contributed by atoms with van der Waals surface area (Å²) in [6.07, 6.45) is 2.60. The lowest BCUT2D eigenvalue weighted by atomic mass is 9.97. The van der Waals surface area contributed by atoms with Crippen LogP contribution in [0.15, 0.2) is 130 Å². The second kappa shape index (κ2) is 23.8. The van der Waals surface area contributed by atoms with Crippen molar-refractivity contribution in [3.63, 3.8) is 0 Å². The third-order valence-electron chi connectivity index (χ3n) is 15.4. The summed E-state index contributed by atoms with van der Waals surface area (Å²) >= 11 is 7.71. The maximum absolute atomic E-state index is 15.9. The Morgan fingerprint density at radius 1 is 0.812 bits per heavy atom. The van der Waals surface area contributed by atoms with Gasteiger partial charge in [0.05, 0.1) is 27.9 Å². The van der Waals surface area contributed by atoms with E-state index in [4.69, 9.17) is 11.6 Å². The van der Waals surface area contributed by atoms with Crippen LogP contribution in [-0.2, 0) is 29.0 Å². The highest BCUT2D eigenvalue weighted by Gasteiger charge is 2.51. The minimum absolute atomic E-state index is 0.0987. The van der Waals surface area contributed by atoms with Gasteiger partial charge in [-0.1, -0.05) is 54.1 Å². The number of likely N-dealkylation sites (tertiary alicyclic amines) is 1. The zero-order valence-corrected chi connectivity index (χ0v) is 48.7. The number of aliphatic carboxylic acids is 1. The number of halogens is 5. The van der Waals surface area contributed by atoms with Crippen molar-refractivity contribution in [2.24, 2.45) is 5.92 Å². The number of carboxylic acids is 1. The molecule has 3 fully saturated rings. The Morgan fingerprint density at radius 2 is 1.45 bits per heavy atom. The van der Waals surface area contributed by atoms with E-state index in [0.717, 1.165) is 28.5 Å². The van der Waals surface area contributed by atoms with Gasteiger partial charge in [-0.3, -0.25) is 9.36 Å². The predicted octanol–water partition coefficient (Wildman–Crippen LogP) is 12.0. The molecule has 0 radical (unpaired) electrons. The monoisotopic (exact) mass is 1200 g/mol. The first kappa shape index (κ1) is 59.2. The number of carbonyl (C=O) groups is 1. The maximum Gasteiger partial charge on any atom is 0.501 e. The van der Waals surface area contributed by atoms with Gasteiger partial charge in [0.2, 0.25) is 7.29 Å². The molecule has 428 valence electrons. The molecule has 0 aliphatic carbocycles. The van der Waals surface area contributed by atoms with Crippen LogP contribution in [0.3, 0.4) is 0 Å². The molecule has 6 aromatic rings. The lowest BCUT2D eigenvalue weighted by Crippen LogP contribution is -2.46. The van der Waals surface area contributed by atoms with Crippen LogP contribution in [0.1, 0.15) is 62.5 Å². The molecule has 3 aliphatic heterocycles. The summed E-state index contributed by atoms with van der Waals surface area (Å²) in [6, 6.07) is 30.8. The molecule has 4 heterocycles. The number of carboxylic acid groups (broad SMARTS) is 1. The standard InChI is InChI=1S/C57H64ClF4N6O8PS3/c1-37(2)68-38(3)55(79(4,73)74)53(54(68)40-10-14-43(58)15-11-40)42-32-44(59)34-47(33-42)66-30-28-65(29-31-66)46-16-12-39(13-17-46)51-23-27-67(71)77(51,72)48-18-19-50(52(35-48)80(75,76)57(60,61)62)63-45(36-78-49-8-6-5-7-9-49)22-26-64-24-20-41(21-25-64)56(69)70/h5-19,32-35,37,41,45,51,63,71H,20-31,36H2,1-4H3,(H,69,70)/t45-,51-,77?/m1/s1. The fourth-order valence-corrected chi connectivity index (χ4v) is 17.8. The zero-order valence-electron chi connectivity index (χ0n) is 44.6. The smallest absolute Gasteiger partial charge is 0.481 e. The Kier molecular flexibility index (Phi) is 17.7. The average Bonchev–Trinajstić information content (AvgIpc) is 3.93. The van der Waals surface area contributed by atoms with Crippen molar-refractivity contribution in [2.75, 3.05) is 79.5 Å². The molecule has 3 atom stereocenters. The van der Waals surface area contributed by atoms with Crippen molar-refractivity contribution in [3.05, 3.63) is 137 Å². The molecular weight excluding hydrogens is 1140 g/mol. The highest BCUT2D eigenvalue weighted by atomic mass is 35.5. The summed E-state index contributed by atoms with van der Waals surface area (Å²) in [6.45, 7) is 9.02. The van der Waals surface area contributed by atoms with Gasteiger partial charge in [0.25, 0.3) is 9.84 Å². The largest absolute Gasteiger partial charge is 0.501 e. The molecule has 23 heteroatoms. The molecule has 0 bridgehead atoms. The van der Waals surface area contributed by atoms with Crippen molar-refractivity contribution in [2.45, 2.75) is 84.4 Å². The summed E-state index contributed by atoms with van der Waals surface area (Å²) in [5.41, 5.74) is -2.37. The van der Waals surface area contributed by atoms with Crippen LogP contribution in [0.25, 0.3) is 22.4 Å². The quantitative estimate of drug-likeness (QED) is 0.0421. The molecule has 3 saturated heterocycles. The van der Waals surface area contributed by atoms with Gasteiger partial charge in [0.1, 0.15) is 10.7 Å². The minimum Gasteiger partial charge on any atom is -0.481 e. The molecule has 80 heavy (non-hydrogen) atoms. The SMILES string of the molecule is Cc1c(S(C)(=O)=O)c(-c2cc(F)cc(N3CCN(c4ccc([C@H]5CCN(O)P5(=O)c5ccc(N[C@H](CCN6CCC(C(=O)O)CC6)CSc6ccccc6)c(S(=O)(=O)C(F)(F)F)c5)cc4)CC3)c2)c(-c2ccc(Cl)cc2)n1C(C)C. The zero-order chi connectivity index (χ0) is 57.5. The van der Waals surface area contributed by atoms with E-state index >= 15 is 8.96 Å². The van der Waals surface area contributed by atoms with Crippen molar-refractivity contribution >= 4 is 78.7 Å². The molecule has 1 unspecified atom stereocenters. The number of hydrogen-bond acceptors (Lipinski definition) is 12. The molecule has 5 aromatic carbocycles. The van der Waals surface area contributed by atoms with E-state index in [1.807, 2.05) is 84.0 Å². The van der Waals surface area contributed by atoms with Crippen LogP contribution >= 0.6 is 30.7 Å². The molecule has 0 saturated carbocycles. The van der Waals surface area contributed by atoms with Crippen LogP contribution < -0.4 is 20.4 Å². The summed E-state index contributed by atoms with van der Waals surface area (Å²) < 4.78 is 131. The van der Waals surface area contributed by atoms with Gasteiger partial charge in [-0.05, 0) is 149 Å². The van der Waals surface area contributed by atoms with E-state index in [2.05, 4.69) is 15.1 Å². The number of piperidine rings is 1. The maximum atomic E-state index is 15.9. The van der Waals surface area contributed by atoms with Crippen LogP contribution in [0.2, 0.25) is 5.02 Å². The number of benzene rings is 5. The summed E-state index contributed by atoms with van der Waals surface area (Å²) in [5.74, 6) is -1.51. The number of nitrogens with one attached hydrogen (secondary N) is 1. The van der Waals surface area contributed by atoms with E-state index in [1.165, 1.54) is 36.0 Å². The average molecular weight is 1200 g/mol. The van der Waals surface area contributed by atoms with Crippen molar-refractivity contribution in [3.8, 4) is 22.4 Å². The summed E-state index contributed by atoms with van der Waals surface area (Å²) in [5, 5.41) is 24.2. The van der Waals surface area contributed by atoms with Crippen molar-refractivity contribution < 1.29 is 54.1 Å². The number of rotatable bonds is 18. The fourth-order valence-electron chi connectivity index (χ4n) is 11.4. The first-order valence-corrected chi connectivity index (χ1v) is 32.9. The molecule has 3 aliphatic rings. The molecule has 0 amide bonds. The number of nitrogens with zero attached hydrogens (tertiary/aromatic N) is 5. The van der Waals surface area contributed by atoms with Gasteiger partial charge in [-0.25, -0.2) is 21.2 Å². The third-order valence-corrected chi connectivity index (χ3v) is 22.9. The Hall–Kier alpha value is -5.38. The lowest BCUT2D eigenvalue weighted by Gasteiger charge is -2.37. The molecule has 14 nitrogen and oxygen atoms in total. The molecule has 9 rings (SSSR count). The van der Waals surface area contributed by atoms with E-state index in [1.54, 1.807) is 31.2 Å². The highest BCUT2D eigenvalue weighted by molar-refractivity contribution is 7.99. The Bertz CT molecular complexity index is 3510. The topological polar surface area (TPSA) is 173 Å². The van der Waals surface area contributed by atoms with E-state index < -0.39 is 66.8 Å². The number of aromatic nitrogens is 1. The van der Waals surface area contributed by atoms with Crippen molar-refractivity contribution in [1.82, 2.24) is 14.3 Å². The fraction of sp³-hybridized carbons (Fsp3) is 0.386. The first-order valence-electron chi connectivity index (χ1n) is 26.4. The van der Waals surface area contributed by atoms with Crippen molar-refractivity contribution in [1.29, 1.82) is 0 Å².